The highest BCUT2D eigenvalue weighted by molar-refractivity contribution is 6.05. The molecule has 51 heavy (non-hydrogen) atoms. The predicted octanol–water partition coefficient (Wildman–Crippen LogP) is 2.63. The number of nitrogens with one attached hydrogen (secondary N) is 3. The first-order valence-electron chi connectivity index (χ1n) is 16.8. The van der Waals surface area contributed by atoms with E-state index in [-0.39, 0.29) is 50.4 Å². The summed E-state index contributed by atoms with van der Waals surface area (Å²) in [6.07, 6.45) is 2.35. The van der Waals surface area contributed by atoms with Crippen molar-refractivity contribution in [1.29, 1.82) is 5.26 Å². The quantitative estimate of drug-likeness (QED) is 0.151. The second-order valence-electron chi connectivity index (χ2n) is 12.2. The van der Waals surface area contributed by atoms with Gasteiger partial charge in [-0.2, -0.15) is 5.26 Å². The monoisotopic (exact) mass is 690 g/mol. The highest BCUT2D eigenvalue weighted by atomic mass is 16.5. The Kier molecular flexibility index (Phi) is 11.0. The number of rotatable bonds is 13. The summed E-state index contributed by atoms with van der Waals surface area (Å²) in [6, 6.07) is 21.7. The van der Waals surface area contributed by atoms with Crippen LogP contribution in [0.25, 0.3) is 22.0 Å². The van der Waals surface area contributed by atoms with E-state index >= 15 is 0 Å². The fourth-order valence-electron chi connectivity index (χ4n) is 6.46. The third-order valence-corrected chi connectivity index (χ3v) is 9.02. The van der Waals surface area contributed by atoms with E-state index in [0.29, 0.717) is 36.0 Å². The number of carbonyl (C=O) groups is 4. The van der Waals surface area contributed by atoms with Crippen LogP contribution in [0.15, 0.2) is 73.1 Å². The molecule has 14 nitrogen and oxygen atoms in total. The maximum absolute atomic E-state index is 13.0. The van der Waals surface area contributed by atoms with Crippen molar-refractivity contribution in [2.45, 2.75) is 37.3 Å². The lowest BCUT2D eigenvalue weighted by Crippen LogP contribution is -2.51. The van der Waals surface area contributed by atoms with E-state index in [0.717, 1.165) is 28.7 Å². The Morgan fingerprint density at radius 2 is 1.75 bits per heavy atom. The molecule has 4 aromatic rings. The number of nitrogens with two attached hydrogens (primary N) is 1. The molecule has 0 spiro atoms. The smallest absolute Gasteiger partial charge is 0.407 e. The minimum atomic E-state index is -0.981. The number of ether oxygens (including phenoxy) is 2. The van der Waals surface area contributed by atoms with Crippen LogP contribution in [0.1, 0.15) is 46.8 Å². The fourth-order valence-corrected chi connectivity index (χ4v) is 6.46. The van der Waals surface area contributed by atoms with Crippen LogP contribution < -0.4 is 26.4 Å². The number of hydrogen-bond donors (Lipinski definition) is 4. The summed E-state index contributed by atoms with van der Waals surface area (Å²) >= 11 is 0. The van der Waals surface area contributed by atoms with Gasteiger partial charge in [-0.3, -0.25) is 14.4 Å². The number of benzene rings is 3. The Bertz CT molecular complexity index is 1930. The van der Waals surface area contributed by atoms with Gasteiger partial charge in [0, 0.05) is 30.9 Å². The number of amides is 4. The number of fused-ring (bicyclic) bond motifs is 4. The molecule has 5 N–H and O–H groups in total. The van der Waals surface area contributed by atoms with Gasteiger partial charge in [0.1, 0.15) is 36.5 Å². The van der Waals surface area contributed by atoms with Crippen molar-refractivity contribution in [2.75, 3.05) is 39.4 Å². The summed E-state index contributed by atoms with van der Waals surface area (Å²) in [6.45, 7) is 0.720. The second kappa shape index (κ2) is 16.1. The van der Waals surface area contributed by atoms with Crippen LogP contribution in [-0.2, 0) is 14.3 Å². The molecule has 2 atom stereocenters. The van der Waals surface area contributed by atoms with Crippen LogP contribution in [0, 0.1) is 11.3 Å². The minimum absolute atomic E-state index is 0.0838. The van der Waals surface area contributed by atoms with Gasteiger partial charge in [-0.05, 0) is 59.7 Å². The Hall–Kier alpha value is -6.07. The number of carbonyl (C=O) groups excluding carboxylic acids is 4. The van der Waals surface area contributed by atoms with E-state index in [1.54, 1.807) is 18.2 Å². The largest absolute Gasteiger partial charge is 0.494 e. The van der Waals surface area contributed by atoms with E-state index in [1.165, 1.54) is 11.2 Å². The molecule has 14 heteroatoms. The van der Waals surface area contributed by atoms with Crippen LogP contribution >= 0.6 is 0 Å². The number of nitrogens with zero attached hydrogens (tertiary/aromatic N) is 4. The maximum Gasteiger partial charge on any atom is 0.407 e. The van der Waals surface area contributed by atoms with Gasteiger partial charge in [-0.15, -0.1) is 0 Å². The molecule has 6 rings (SSSR count). The average molecular weight is 691 g/mol. The van der Waals surface area contributed by atoms with Gasteiger partial charge in [0.05, 0.1) is 24.7 Å². The number of likely N-dealkylation sites (tertiary alicyclic amines) is 1. The molecule has 1 aromatic heterocycles. The molecular weight excluding hydrogens is 652 g/mol. The average Bonchev–Trinajstić information content (AvgIpc) is 3.77. The van der Waals surface area contributed by atoms with Gasteiger partial charge in [0.15, 0.2) is 0 Å². The molecule has 1 aliphatic carbocycles. The van der Waals surface area contributed by atoms with Gasteiger partial charge in [0.2, 0.25) is 11.8 Å². The SMILES string of the molecule is N#C[C@@H]1CCCN1C(=O)CNC(=O)c1ncnc2ccc(OCCCNC(=O)[C@@H](CN)NC(=O)OCC3c4ccccc4-c4ccccc43)cc12. The molecule has 1 aliphatic heterocycles. The van der Waals surface area contributed by atoms with Crippen molar-refractivity contribution in [3.05, 3.63) is 89.9 Å². The van der Waals surface area contributed by atoms with Crippen LogP contribution in [-0.4, -0.2) is 90.2 Å². The molecule has 2 heterocycles. The van der Waals surface area contributed by atoms with Crippen LogP contribution in [0.2, 0.25) is 0 Å². The van der Waals surface area contributed by atoms with Crippen molar-refractivity contribution in [3.8, 4) is 22.9 Å². The van der Waals surface area contributed by atoms with Gasteiger partial charge in [0.25, 0.3) is 5.91 Å². The number of hydrogen-bond acceptors (Lipinski definition) is 10. The van der Waals surface area contributed by atoms with Crippen molar-refractivity contribution in [2.24, 2.45) is 5.73 Å². The first-order chi connectivity index (χ1) is 24.9. The second-order valence-corrected chi connectivity index (χ2v) is 12.2. The summed E-state index contributed by atoms with van der Waals surface area (Å²) in [4.78, 5) is 60.8. The van der Waals surface area contributed by atoms with Crippen molar-refractivity contribution in [3.63, 3.8) is 0 Å². The van der Waals surface area contributed by atoms with E-state index in [2.05, 4.69) is 44.1 Å². The summed E-state index contributed by atoms with van der Waals surface area (Å²) in [5, 5.41) is 17.6. The van der Waals surface area contributed by atoms with E-state index in [1.807, 2.05) is 36.4 Å². The Morgan fingerprint density at radius 3 is 2.47 bits per heavy atom. The zero-order valence-corrected chi connectivity index (χ0v) is 27.8. The maximum atomic E-state index is 13.0. The van der Waals surface area contributed by atoms with Crippen LogP contribution in [0.5, 0.6) is 5.75 Å². The standard InChI is InChI=1S/C37H38N8O6/c38-18-23-7-5-15-45(23)33(46)20-41-36(48)34-29-17-24(12-13-31(29)42-22-43-34)50-16-6-14-40-35(47)32(19-39)44-37(49)51-21-30-27-10-3-1-8-25(27)26-9-2-4-11-28(26)30/h1-4,8-13,17,22-23,30,32H,5-7,14-16,19-21,39H2,(H,40,47)(H,41,48)(H,44,49)/t23-,32+/m0/s1. The molecule has 0 saturated carbocycles. The zero-order chi connectivity index (χ0) is 35.7. The number of nitriles is 1. The van der Waals surface area contributed by atoms with Gasteiger partial charge in [-0.25, -0.2) is 14.8 Å². The summed E-state index contributed by atoms with van der Waals surface area (Å²) in [7, 11) is 0. The minimum Gasteiger partial charge on any atom is -0.494 e. The third kappa shape index (κ3) is 7.89. The topological polar surface area (TPSA) is 202 Å². The molecule has 1 fully saturated rings. The lowest BCUT2D eigenvalue weighted by Gasteiger charge is -2.19. The van der Waals surface area contributed by atoms with Crippen LogP contribution in [0.4, 0.5) is 4.79 Å². The van der Waals surface area contributed by atoms with Crippen LogP contribution in [0.3, 0.4) is 0 Å². The lowest BCUT2D eigenvalue weighted by atomic mass is 9.98. The van der Waals surface area contributed by atoms with Gasteiger partial charge in [-0.1, -0.05) is 48.5 Å². The fraction of sp³-hybridized carbons (Fsp3) is 0.324. The number of alkyl carbamates (subject to hydrolysis) is 1. The summed E-state index contributed by atoms with van der Waals surface area (Å²) < 4.78 is 11.4. The Labute approximate surface area is 294 Å². The molecule has 0 bridgehead atoms. The molecule has 3 aromatic carbocycles. The molecule has 262 valence electrons. The lowest BCUT2D eigenvalue weighted by molar-refractivity contribution is -0.130. The normalized spacial score (nSPS) is 15.3. The first-order valence-corrected chi connectivity index (χ1v) is 16.8. The predicted molar refractivity (Wildman–Crippen MR) is 186 cm³/mol. The van der Waals surface area contributed by atoms with E-state index in [4.69, 9.17) is 15.2 Å². The van der Waals surface area contributed by atoms with Gasteiger partial charge >= 0.3 is 6.09 Å². The van der Waals surface area contributed by atoms with Crippen molar-refractivity contribution < 1.29 is 28.7 Å². The Morgan fingerprint density at radius 1 is 1.00 bits per heavy atom. The summed E-state index contributed by atoms with van der Waals surface area (Å²) in [5.74, 6) is -0.978. The highest BCUT2D eigenvalue weighted by Crippen LogP contribution is 2.44. The molecule has 1 saturated heterocycles. The zero-order valence-electron chi connectivity index (χ0n) is 27.8. The first kappa shape index (κ1) is 34.8. The highest BCUT2D eigenvalue weighted by Gasteiger charge is 2.30. The third-order valence-electron chi connectivity index (χ3n) is 9.02. The molecule has 0 unspecified atom stereocenters. The Balaban J connectivity index is 0.946. The molecule has 4 amide bonds. The van der Waals surface area contributed by atoms with E-state index in [9.17, 15) is 24.4 Å². The molecule has 0 radical (unpaired) electrons. The molecule has 2 aliphatic rings. The van der Waals surface area contributed by atoms with Gasteiger partial charge < -0.3 is 36.1 Å². The van der Waals surface area contributed by atoms with Crippen molar-refractivity contribution in [1.82, 2.24) is 30.8 Å². The summed E-state index contributed by atoms with van der Waals surface area (Å²) in [5.41, 5.74) is 10.8. The number of aromatic nitrogens is 2. The van der Waals surface area contributed by atoms with Crippen molar-refractivity contribution >= 4 is 34.7 Å². The molecular formula is C37H38N8O6. The van der Waals surface area contributed by atoms with E-state index < -0.39 is 30.0 Å².